The Morgan fingerprint density at radius 3 is 2.72 bits per heavy atom. The average Bonchev–Trinajstić information content (AvgIpc) is 3.63. The van der Waals surface area contributed by atoms with Crippen LogP contribution in [0.15, 0.2) is 42.5 Å². The zero-order valence-corrected chi connectivity index (χ0v) is 21.2. The summed E-state index contributed by atoms with van der Waals surface area (Å²) in [5, 5.41) is 2.99. The number of hydrogen-bond donors (Lipinski definition) is 1. The smallest absolute Gasteiger partial charge is 0.251 e. The fourth-order valence-corrected chi connectivity index (χ4v) is 4.39. The van der Waals surface area contributed by atoms with E-state index in [0.29, 0.717) is 53.6 Å². The van der Waals surface area contributed by atoms with Crippen molar-refractivity contribution in [1.29, 1.82) is 0 Å². The standard InChI is InChI=1S/C28H28ClFN2O4/c1-28(2)15-35-26-20(28)14-18(32-25(26)16-4-8-22(30)21(29)12-16)10-11-31-27(33)17-5-9-23(24(13-17)34-3)36-19-6-7-19/h4-5,8-9,12-14,19H,6-7,10-11,15H2,1-3H3,(H,31,33). The normalized spacial score (nSPS) is 15.7. The highest BCUT2D eigenvalue weighted by Gasteiger charge is 2.35. The van der Waals surface area contributed by atoms with E-state index >= 15 is 0 Å². The van der Waals surface area contributed by atoms with E-state index in [2.05, 4.69) is 19.2 Å². The van der Waals surface area contributed by atoms with Crippen LogP contribution in [0.2, 0.25) is 5.02 Å². The maximum Gasteiger partial charge on any atom is 0.251 e. The summed E-state index contributed by atoms with van der Waals surface area (Å²) in [6.45, 7) is 5.12. The number of hydrogen-bond acceptors (Lipinski definition) is 5. The summed E-state index contributed by atoms with van der Waals surface area (Å²) in [6.07, 6.45) is 2.84. The van der Waals surface area contributed by atoms with Crippen LogP contribution in [0.1, 0.15) is 48.3 Å². The Morgan fingerprint density at radius 2 is 2.00 bits per heavy atom. The van der Waals surface area contributed by atoms with Gasteiger partial charge in [-0.1, -0.05) is 25.4 Å². The molecule has 1 N–H and O–H groups in total. The molecule has 2 heterocycles. The zero-order chi connectivity index (χ0) is 25.4. The van der Waals surface area contributed by atoms with Gasteiger partial charge in [0, 0.05) is 40.8 Å². The summed E-state index contributed by atoms with van der Waals surface area (Å²) in [4.78, 5) is 17.6. The molecule has 1 fully saturated rings. The molecule has 0 saturated heterocycles. The van der Waals surface area contributed by atoms with Crippen LogP contribution in [0.25, 0.3) is 11.3 Å². The van der Waals surface area contributed by atoms with Gasteiger partial charge in [-0.15, -0.1) is 0 Å². The Morgan fingerprint density at radius 1 is 1.19 bits per heavy atom. The van der Waals surface area contributed by atoms with Crippen molar-refractivity contribution in [3.8, 4) is 28.5 Å². The first kappa shape index (κ1) is 24.4. The molecule has 3 aromatic rings. The molecule has 6 nitrogen and oxygen atoms in total. The van der Waals surface area contributed by atoms with E-state index in [0.717, 1.165) is 24.1 Å². The van der Waals surface area contributed by atoms with Crippen molar-refractivity contribution < 1.29 is 23.4 Å². The molecule has 1 aliphatic carbocycles. The van der Waals surface area contributed by atoms with Crippen molar-refractivity contribution in [1.82, 2.24) is 10.3 Å². The third-order valence-electron chi connectivity index (χ3n) is 6.44. The Balaban J connectivity index is 1.33. The van der Waals surface area contributed by atoms with Gasteiger partial charge in [-0.3, -0.25) is 4.79 Å². The predicted molar refractivity (Wildman–Crippen MR) is 136 cm³/mol. The molecule has 1 aromatic heterocycles. The van der Waals surface area contributed by atoms with E-state index in [1.165, 1.54) is 6.07 Å². The SMILES string of the molecule is COc1cc(C(=O)NCCc2cc3c(c(-c4ccc(F)c(Cl)c4)n2)OCC3(C)C)ccc1OC1CC1. The van der Waals surface area contributed by atoms with Crippen molar-refractivity contribution in [3.63, 3.8) is 0 Å². The number of benzene rings is 2. The van der Waals surface area contributed by atoms with E-state index < -0.39 is 5.82 Å². The minimum absolute atomic E-state index is 0.0296. The molecule has 5 rings (SSSR count). The fourth-order valence-electron chi connectivity index (χ4n) is 4.21. The van der Waals surface area contributed by atoms with Gasteiger partial charge >= 0.3 is 0 Å². The minimum Gasteiger partial charge on any atom is -0.493 e. The maximum absolute atomic E-state index is 13.8. The molecule has 8 heteroatoms. The van der Waals surface area contributed by atoms with Crippen molar-refractivity contribution in [2.24, 2.45) is 0 Å². The number of ether oxygens (including phenoxy) is 3. The minimum atomic E-state index is -0.485. The number of methoxy groups -OCH3 is 1. The molecule has 0 unspecified atom stereocenters. The first-order valence-corrected chi connectivity index (χ1v) is 12.4. The van der Waals surface area contributed by atoms with Gasteiger partial charge in [0.1, 0.15) is 17.3 Å². The van der Waals surface area contributed by atoms with E-state index in [1.54, 1.807) is 37.4 Å². The van der Waals surface area contributed by atoms with Gasteiger partial charge < -0.3 is 19.5 Å². The van der Waals surface area contributed by atoms with Crippen LogP contribution in [0.4, 0.5) is 4.39 Å². The molecule has 2 aliphatic rings. The van der Waals surface area contributed by atoms with Crippen molar-refractivity contribution >= 4 is 17.5 Å². The number of rotatable bonds is 8. The van der Waals surface area contributed by atoms with Crippen molar-refractivity contribution in [2.45, 2.75) is 44.6 Å². The van der Waals surface area contributed by atoms with Crippen LogP contribution >= 0.6 is 11.6 Å². The summed E-state index contributed by atoms with van der Waals surface area (Å²) in [5.41, 5.74) is 3.43. The monoisotopic (exact) mass is 510 g/mol. The van der Waals surface area contributed by atoms with E-state index in [-0.39, 0.29) is 22.4 Å². The number of fused-ring (bicyclic) bond motifs is 1. The van der Waals surface area contributed by atoms with Crippen LogP contribution in [0.5, 0.6) is 17.2 Å². The van der Waals surface area contributed by atoms with Crippen LogP contribution in [-0.2, 0) is 11.8 Å². The van der Waals surface area contributed by atoms with Gasteiger partial charge in [-0.05, 0) is 55.3 Å². The Hall–Kier alpha value is -3.32. The molecule has 36 heavy (non-hydrogen) atoms. The first-order chi connectivity index (χ1) is 17.2. The molecule has 188 valence electrons. The Labute approximate surface area is 214 Å². The average molecular weight is 511 g/mol. The van der Waals surface area contributed by atoms with Crippen molar-refractivity contribution in [3.05, 3.63) is 70.1 Å². The largest absolute Gasteiger partial charge is 0.493 e. The van der Waals surface area contributed by atoms with E-state index in [9.17, 15) is 9.18 Å². The number of halogens is 2. The highest BCUT2D eigenvalue weighted by atomic mass is 35.5. The van der Waals surface area contributed by atoms with Gasteiger partial charge in [0.25, 0.3) is 5.91 Å². The lowest BCUT2D eigenvalue weighted by Gasteiger charge is -2.17. The van der Waals surface area contributed by atoms with Gasteiger partial charge in [0.2, 0.25) is 0 Å². The molecular weight excluding hydrogens is 483 g/mol. The second-order valence-corrected chi connectivity index (χ2v) is 10.2. The number of nitrogens with zero attached hydrogens (tertiary/aromatic N) is 1. The lowest BCUT2D eigenvalue weighted by molar-refractivity contribution is 0.0953. The molecule has 0 spiro atoms. The van der Waals surface area contributed by atoms with Crippen molar-refractivity contribution in [2.75, 3.05) is 20.3 Å². The molecule has 1 amide bonds. The second kappa shape index (κ2) is 9.62. The molecule has 0 radical (unpaired) electrons. The van der Waals surface area contributed by atoms with Crippen LogP contribution in [-0.4, -0.2) is 37.3 Å². The molecule has 0 atom stereocenters. The zero-order valence-electron chi connectivity index (χ0n) is 20.5. The van der Waals surface area contributed by atoms with Crippen LogP contribution in [0.3, 0.4) is 0 Å². The number of carbonyl (C=O) groups excluding carboxylic acids is 1. The van der Waals surface area contributed by atoms with E-state index in [4.69, 9.17) is 30.8 Å². The molecule has 0 bridgehead atoms. The number of amides is 1. The van der Waals surface area contributed by atoms with Gasteiger partial charge in [-0.2, -0.15) is 0 Å². The third kappa shape index (κ3) is 4.98. The number of pyridine rings is 1. The molecular formula is C28H28ClFN2O4. The highest BCUT2D eigenvalue weighted by Crippen LogP contribution is 2.44. The second-order valence-electron chi connectivity index (χ2n) is 9.83. The lowest BCUT2D eigenvalue weighted by atomic mass is 9.86. The summed E-state index contributed by atoms with van der Waals surface area (Å²) in [6, 6.07) is 11.8. The van der Waals surface area contributed by atoms with Gasteiger partial charge in [0.15, 0.2) is 11.5 Å². The Bertz CT molecular complexity index is 1320. The van der Waals surface area contributed by atoms with Crippen LogP contribution < -0.4 is 19.5 Å². The number of aromatic nitrogens is 1. The summed E-state index contributed by atoms with van der Waals surface area (Å²) in [7, 11) is 1.56. The van der Waals surface area contributed by atoms with Crippen LogP contribution in [0, 0.1) is 5.82 Å². The fraction of sp³-hybridized carbons (Fsp3) is 0.357. The van der Waals surface area contributed by atoms with Gasteiger partial charge in [0.05, 0.1) is 24.8 Å². The topological polar surface area (TPSA) is 69.7 Å². The lowest BCUT2D eigenvalue weighted by Crippen LogP contribution is -2.26. The van der Waals surface area contributed by atoms with Gasteiger partial charge in [-0.25, -0.2) is 9.37 Å². The van der Waals surface area contributed by atoms with E-state index in [1.807, 2.05) is 6.07 Å². The number of nitrogens with one attached hydrogen (secondary N) is 1. The summed E-state index contributed by atoms with van der Waals surface area (Å²) >= 11 is 6.04. The number of carbonyl (C=O) groups is 1. The molecule has 2 aromatic carbocycles. The first-order valence-electron chi connectivity index (χ1n) is 12.0. The Kier molecular flexibility index (Phi) is 6.51. The molecule has 1 saturated carbocycles. The summed E-state index contributed by atoms with van der Waals surface area (Å²) < 4.78 is 31.0. The quantitative estimate of drug-likeness (QED) is 0.419. The third-order valence-corrected chi connectivity index (χ3v) is 6.73. The predicted octanol–water partition coefficient (Wildman–Crippen LogP) is 5.73. The maximum atomic E-state index is 13.8. The summed E-state index contributed by atoms with van der Waals surface area (Å²) in [5.74, 6) is 1.19. The molecule has 1 aliphatic heterocycles. The highest BCUT2D eigenvalue weighted by molar-refractivity contribution is 6.31.